The van der Waals surface area contributed by atoms with Crippen LogP contribution >= 0.6 is 0 Å². The van der Waals surface area contributed by atoms with Gasteiger partial charge in [0.25, 0.3) is 0 Å². The fourth-order valence-electron chi connectivity index (χ4n) is 3.58. The number of amides is 2. The summed E-state index contributed by atoms with van der Waals surface area (Å²) in [5.41, 5.74) is 2.73. The predicted octanol–water partition coefficient (Wildman–Crippen LogP) is 2.76. The van der Waals surface area contributed by atoms with Crippen molar-refractivity contribution in [3.05, 3.63) is 65.0 Å². The van der Waals surface area contributed by atoms with Gasteiger partial charge in [-0.3, -0.25) is 13.9 Å². The van der Waals surface area contributed by atoms with E-state index in [1.165, 1.54) is 36.2 Å². The van der Waals surface area contributed by atoms with Gasteiger partial charge < -0.3 is 10.2 Å². The van der Waals surface area contributed by atoms with E-state index in [9.17, 15) is 22.4 Å². The number of benzene rings is 2. The second-order valence-corrected chi connectivity index (χ2v) is 9.71. The minimum atomic E-state index is -3.78. The van der Waals surface area contributed by atoms with Gasteiger partial charge in [0.05, 0.1) is 11.9 Å². The molecule has 174 valence electrons. The molecule has 1 atom stereocenters. The average Bonchev–Trinajstić information content (AvgIpc) is 2.71. The molecule has 9 heteroatoms. The monoisotopic (exact) mass is 463 g/mol. The van der Waals surface area contributed by atoms with Crippen molar-refractivity contribution < 1.29 is 22.4 Å². The third-order valence-corrected chi connectivity index (χ3v) is 6.21. The fraction of sp³-hybridized carbons (Fsp3) is 0.391. The third-order valence-electron chi connectivity index (χ3n) is 5.07. The Balaban J connectivity index is 2.45. The van der Waals surface area contributed by atoms with E-state index in [1.54, 1.807) is 19.1 Å². The highest BCUT2D eigenvalue weighted by Crippen LogP contribution is 2.22. The highest BCUT2D eigenvalue weighted by molar-refractivity contribution is 7.92. The fourth-order valence-corrected chi connectivity index (χ4v) is 4.41. The summed E-state index contributed by atoms with van der Waals surface area (Å²) in [6, 6.07) is 10.1. The molecule has 0 saturated carbocycles. The van der Waals surface area contributed by atoms with Gasteiger partial charge in [0.2, 0.25) is 21.8 Å². The van der Waals surface area contributed by atoms with Crippen LogP contribution in [-0.4, -0.2) is 51.0 Å². The van der Waals surface area contributed by atoms with Crippen LogP contribution < -0.4 is 9.62 Å². The van der Waals surface area contributed by atoms with Crippen LogP contribution in [-0.2, 0) is 26.2 Å². The molecule has 7 nitrogen and oxygen atoms in total. The number of anilines is 1. The normalized spacial score (nSPS) is 12.2. The second-order valence-electron chi connectivity index (χ2n) is 7.80. The number of carbonyl (C=O) groups is 2. The Morgan fingerprint density at radius 2 is 1.62 bits per heavy atom. The number of sulfonamides is 1. The smallest absolute Gasteiger partial charge is 0.244 e. The van der Waals surface area contributed by atoms with Gasteiger partial charge in [0.15, 0.2) is 0 Å². The van der Waals surface area contributed by atoms with Gasteiger partial charge in [0.1, 0.15) is 18.4 Å². The Morgan fingerprint density at radius 3 is 2.09 bits per heavy atom. The van der Waals surface area contributed by atoms with Gasteiger partial charge >= 0.3 is 0 Å². The van der Waals surface area contributed by atoms with Crippen LogP contribution in [0.2, 0.25) is 0 Å². The highest BCUT2D eigenvalue weighted by atomic mass is 32.2. The molecule has 1 N–H and O–H groups in total. The molecule has 0 bridgehead atoms. The van der Waals surface area contributed by atoms with Gasteiger partial charge in [0, 0.05) is 13.6 Å². The van der Waals surface area contributed by atoms with Crippen molar-refractivity contribution in [1.82, 2.24) is 10.2 Å². The lowest BCUT2D eigenvalue weighted by atomic mass is 10.1. The summed E-state index contributed by atoms with van der Waals surface area (Å²) in [7, 11) is -2.31. The summed E-state index contributed by atoms with van der Waals surface area (Å²) in [4.78, 5) is 27.2. The van der Waals surface area contributed by atoms with Crippen LogP contribution in [0.4, 0.5) is 10.1 Å². The minimum absolute atomic E-state index is 0.0372. The van der Waals surface area contributed by atoms with E-state index in [4.69, 9.17) is 0 Å². The summed E-state index contributed by atoms with van der Waals surface area (Å²) >= 11 is 0. The van der Waals surface area contributed by atoms with Crippen molar-refractivity contribution in [1.29, 1.82) is 0 Å². The molecule has 0 aliphatic carbocycles. The number of halogens is 1. The van der Waals surface area contributed by atoms with Crippen molar-refractivity contribution in [2.75, 3.05) is 24.2 Å². The maximum atomic E-state index is 13.4. The van der Waals surface area contributed by atoms with Gasteiger partial charge in [-0.1, -0.05) is 25.1 Å². The Hall–Kier alpha value is -2.94. The molecule has 2 aromatic carbocycles. The maximum Gasteiger partial charge on any atom is 0.244 e. The molecule has 2 rings (SSSR count). The lowest BCUT2D eigenvalue weighted by molar-refractivity contribution is -0.140. The van der Waals surface area contributed by atoms with E-state index in [-0.39, 0.29) is 12.5 Å². The van der Waals surface area contributed by atoms with Crippen molar-refractivity contribution in [2.24, 2.45) is 0 Å². The zero-order valence-electron chi connectivity index (χ0n) is 19.1. The van der Waals surface area contributed by atoms with Crippen molar-refractivity contribution in [2.45, 2.75) is 39.8 Å². The molecule has 0 aromatic heterocycles. The molecule has 0 radical (unpaired) electrons. The summed E-state index contributed by atoms with van der Waals surface area (Å²) in [5, 5.41) is 2.55. The summed E-state index contributed by atoms with van der Waals surface area (Å²) in [6.07, 6.45) is 1.37. The first-order chi connectivity index (χ1) is 15.0. The molecular weight excluding hydrogens is 433 g/mol. The summed E-state index contributed by atoms with van der Waals surface area (Å²) in [6.45, 7) is 5.03. The standard InChI is InChI=1S/C23H30FN3O4S/c1-6-21(23(29)25-4)26(14-18-7-9-19(24)10-8-18)22(28)15-27(32(5,30)31)20-12-16(2)11-17(3)13-20/h7-13,21H,6,14-15H2,1-5H3,(H,25,29)/t21-/m0/s1. The van der Waals surface area contributed by atoms with E-state index >= 15 is 0 Å². The summed E-state index contributed by atoms with van der Waals surface area (Å²) in [5.74, 6) is -1.31. The Bertz CT molecular complexity index is 1050. The number of hydrogen-bond donors (Lipinski definition) is 1. The van der Waals surface area contributed by atoms with Crippen LogP contribution in [0.25, 0.3) is 0 Å². The molecule has 2 aromatic rings. The van der Waals surface area contributed by atoms with Crippen LogP contribution in [0.3, 0.4) is 0 Å². The molecule has 0 aliphatic rings. The Morgan fingerprint density at radius 1 is 1.06 bits per heavy atom. The minimum Gasteiger partial charge on any atom is -0.357 e. The van der Waals surface area contributed by atoms with Crippen molar-refractivity contribution >= 4 is 27.5 Å². The number of rotatable bonds is 9. The molecule has 0 aliphatic heterocycles. The second kappa shape index (κ2) is 10.6. The van der Waals surface area contributed by atoms with Crippen LogP contribution in [0, 0.1) is 19.7 Å². The largest absolute Gasteiger partial charge is 0.357 e. The first-order valence-corrected chi connectivity index (χ1v) is 12.1. The molecular formula is C23H30FN3O4S. The first kappa shape index (κ1) is 25.3. The maximum absolute atomic E-state index is 13.4. The first-order valence-electron chi connectivity index (χ1n) is 10.3. The average molecular weight is 464 g/mol. The Labute approximate surface area is 189 Å². The van der Waals surface area contributed by atoms with E-state index in [0.717, 1.165) is 21.7 Å². The number of aryl methyl sites for hydroxylation is 2. The topological polar surface area (TPSA) is 86.8 Å². The SMILES string of the molecule is CC[C@@H](C(=O)NC)N(Cc1ccc(F)cc1)C(=O)CN(c1cc(C)cc(C)c1)S(C)(=O)=O. The van der Waals surface area contributed by atoms with Gasteiger partial charge in [-0.15, -0.1) is 0 Å². The van der Waals surface area contributed by atoms with Gasteiger partial charge in [-0.2, -0.15) is 0 Å². The summed E-state index contributed by atoms with van der Waals surface area (Å²) < 4.78 is 39.5. The number of nitrogens with one attached hydrogen (secondary N) is 1. The predicted molar refractivity (Wildman–Crippen MR) is 123 cm³/mol. The number of carbonyl (C=O) groups excluding carboxylic acids is 2. The van der Waals surface area contributed by atoms with Crippen molar-refractivity contribution in [3.63, 3.8) is 0 Å². The van der Waals surface area contributed by atoms with Crippen LogP contribution in [0.5, 0.6) is 0 Å². The zero-order chi connectivity index (χ0) is 24.1. The van der Waals surface area contributed by atoms with E-state index in [0.29, 0.717) is 17.7 Å². The van der Waals surface area contributed by atoms with Gasteiger partial charge in [-0.05, 0) is 61.2 Å². The van der Waals surface area contributed by atoms with E-state index in [1.807, 2.05) is 19.9 Å². The highest BCUT2D eigenvalue weighted by Gasteiger charge is 2.31. The number of likely N-dealkylation sites (N-methyl/N-ethyl adjacent to an activating group) is 1. The molecule has 0 spiro atoms. The van der Waals surface area contributed by atoms with E-state index < -0.39 is 34.3 Å². The molecule has 0 heterocycles. The van der Waals surface area contributed by atoms with Gasteiger partial charge in [-0.25, -0.2) is 12.8 Å². The van der Waals surface area contributed by atoms with Crippen LogP contribution in [0.15, 0.2) is 42.5 Å². The number of hydrogen-bond acceptors (Lipinski definition) is 4. The van der Waals surface area contributed by atoms with Crippen molar-refractivity contribution in [3.8, 4) is 0 Å². The molecule has 2 amide bonds. The molecule has 0 fully saturated rings. The zero-order valence-corrected chi connectivity index (χ0v) is 19.9. The lowest BCUT2D eigenvalue weighted by Crippen LogP contribution is -2.51. The molecule has 0 saturated heterocycles. The quantitative estimate of drug-likeness (QED) is 0.620. The third kappa shape index (κ3) is 6.53. The van der Waals surface area contributed by atoms with E-state index in [2.05, 4.69) is 5.32 Å². The van der Waals surface area contributed by atoms with Crippen LogP contribution in [0.1, 0.15) is 30.0 Å². The lowest BCUT2D eigenvalue weighted by Gasteiger charge is -2.32. The molecule has 32 heavy (non-hydrogen) atoms. The Kier molecular flexibility index (Phi) is 8.38. The molecule has 0 unspecified atom stereocenters. The number of nitrogens with zero attached hydrogens (tertiary/aromatic N) is 2.